The van der Waals surface area contributed by atoms with Crippen molar-refractivity contribution in [2.24, 2.45) is 5.92 Å². The predicted octanol–water partition coefficient (Wildman–Crippen LogP) is 8.26. The van der Waals surface area contributed by atoms with Gasteiger partial charge in [0, 0.05) is 5.56 Å². The highest BCUT2D eigenvalue weighted by Gasteiger charge is 2.26. The van der Waals surface area contributed by atoms with Crippen molar-refractivity contribution in [2.45, 2.75) is 124 Å². The Morgan fingerprint density at radius 1 is 0.828 bits per heavy atom. The van der Waals surface area contributed by atoms with Gasteiger partial charge in [-0.2, -0.15) is 0 Å². The van der Waals surface area contributed by atoms with Gasteiger partial charge in [-0.05, 0) is 69.1 Å². The summed E-state index contributed by atoms with van der Waals surface area (Å²) in [6.07, 6.45) is 17.9. The van der Waals surface area contributed by atoms with E-state index < -0.39 is 0 Å². The molecule has 2 nitrogen and oxygen atoms in total. The first-order chi connectivity index (χ1) is 14.0. The lowest BCUT2D eigenvalue weighted by Gasteiger charge is -2.30. The van der Waals surface area contributed by atoms with Crippen molar-refractivity contribution in [1.82, 2.24) is 0 Å². The maximum Gasteiger partial charge on any atom is 0.126 e. The van der Waals surface area contributed by atoms with Crippen LogP contribution in [0, 0.1) is 26.7 Å². The van der Waals surface area contributed by atoms with Crippen LogP contribution in [0.2, 0.25) is 0 Å². The molecule has 0 aromatic heterocycles. The smallest absolute Gasteiger partial charge is 0.126 e. The van der Waals surface area contributed by atoms with Crippen LogP contribution in [0.4, 0.5) is 0 Å². The van der Waals surface area contributed by atoms with Gasteiger partial charge in [0.15, 0.2) is 0 Å². The molecule has 0 amide bonds. The third-order valence-electron chi connectivity index (χ3n) is 6.82. The summed E-state index contributed by atoms with van der Waals surface area (Å²) in [7, 11) is 1.78. The lowest BCUT2D eigenvalue weighted by atomic mass is 9.90. The van der Waals surface area contributed by atoms with Gasteiger partial charge in [0.2, 0.25) is 0 Å². The number of methoxy groups -OCH3 is 1. The second-order valence-electron chi connectivity index (χ2n) is 9.65. The minimum Gasteiger partial charge on any atom is -0.496 e. The fourth-order valence-corrected chi connectivity index (χ4v) is 4.82. The summed E-state index contributed by atoms with van der Waals surface area (Å²) in [6, 6.07) is 0. The van der Waals surface area contributed by atoms with Gasteiger partial charge >= 0.3 is 0 Å². The van der Waals surface area contributed by atoms with Crippen molar-refractivity contribution < 1.29 is 9.47 Å². The van der Waals surface area contributed by atoms with Crippen LogP contribution in [0.3, 0.4) is 0 Å². The Hall–Kier alpha value is -1.18. The number of rotatable bonds is 13. The third kappa shape index (κ3) is 7.23. The van der Waals surface area contributed by atoms with Crippen molar-refractivity contribution in [3.63, 3.8) is 0 Å². The molecule has 2 rings (SSSR count). The average Bonchev–Trinajstić information content (AvgIpc) is 2.70. The lowest BCUT2D eigenvalue weighted by molar-refractivity contribution is 0.158. The van der Waals surface area contributed by atoms with Gasteiger partial charge in [-0.25, -0.2) is 0 Å². The fraction of sp³-hybridized carbons (Fsp3) is 0.778. The topological polar surface area (TPSA) is 18.5 Å². The Morgan fingerprint density at radius 2 is 1.41 bits per heavy atom. The number of benzene rings is 1. The predicted molar refractivity (Wildman–Crippen MR) is 126 cm³/mol. The number of unbranched alkanes of at least 4 members (excludes halogenated alkanes) is 8. The molecule has 0 bridgehead atoms. The lowest BCUT2D eigenvalue weighted by Crippen LogP contribution is -2.24. The van der Waals surface area contributed by atoms with E-state index in [1.807, 2.05) is 0 Å². The molecule has 29 heavy (non-hydrogen) atoms. The van der Waals surface area contributed by atoms with Gasteiger partial charge in [0.05, 0.1) is 13.2 Å². The van der Waals surface area contributed by atoms with E-state index in [2.05, 4.69) is 34.6 Å². The van der Waals surface area contributed by atoms with E-state index in [9.17, 15) is 0 Å². The maximum atomic E-state index is 6.47. The van der Waals surface area contributed by atoms with Gasteiger partial charge in [-0.15, -0.1) is 0 Å². The van der Waals surface area contributed by atoms with E-state index >= 15 is 0 Å². The van der Waals surface area contributed by atoms with Crippen molar-refractivity contribution >= 4 is 0 Å². The highest BCUT2D eigenvalue weighted by atomic mass is 16.5. The van der Waals surface area contributed by atoms with Gasteiger partial charge in [0.1, 0.15) is 11.5 Å². The molecule has 1 aliphatic heterocycles. The molecule has 0 aliphatic carbocycles. The molecule has 0 saturated heterocycles. The Kier molecular flexibility index (Phi) is 10.4. The average molecular weight is 403 g/mol. The fourth-order valence-electron chi connectivity index (χ4n) is 4.82. The molecule has 0 spiro atoms. The van der Waals surface area contributed by atoms with E-state index in [1.54, 1.807) is 7.11 Å². The maximum absolute atomic E-state index is 6.47. The van der Waals surface area contributed by atoms with Crippen LogP contribution in [0.5, 0.6) is 11.5 Å². The molecule has 0 N–H and O–H groups in total. The molecule has 166 valence electrons. The summed E-state index contributed by atoms with van der Waals surface area (Å²) >= 11 is 0. The highest BCUT2D eigenvalue weighted by molar-refractivity contribution is 5.58. The summed E-state index contributed by atoms with van der Waals surface area (Å²) in [6.45, 7) is 11.2. The van der Waals surface area contributed by atoms with Crippen LogP contribution >= 0.6 is 0 Å². The van der Waals surface area contributed by atoms with Crippen LogP contribution in [0.1, 0.15) is 113 Å². The minimum absolute atomic E-state index is 0.398. The first kappa shape index (κ1) is 24.1. The Balaban J connectivity index is 1.62. The van der Waals surface area contributed by atoms with E-state index in [0.29, 0.717) is 6.10 Å². The van der Waals surface area contributed by atoms with E-state index in [1.165, 1.54) is 92.9 Å². The van der Waals surface area contributed by atoms with Gasteiger partial charge in [-0.1, -0.05) is 71.6 Å². The molecular weight excluding hydrogens is 356 g/mol. The largest absolute Gasteiger partial charge is 0.496 e. The summed E-state index contributed by atoms with van der Waals surface area (Å²) in [5.74, 6) is 3.06. The number of fused-ring (bicyclic) bond motifs is 1. The van der Waals surface area contributed by atoms with E-state index in [-0.39, 0.29) is 0 Å². The Morgan fingerprint density at radius 3 is 2.00 bits per heavy atom. The second kappa shape index (κ2) is 12.5. The van der Waals surface area contributed by atoms with Gasteiger partial charge in [-0.3, -0.25) is 0 Å². The molecule has 1 aromatic carbocycles. The van der Waals surface area contributed by atoms with Crippen molar-refractivity contribution in [1.29, 1.82) is 0 Å². The molecule has 0 fully saturated rings. The second-order valence-corrected chi connectivity index (χ2v) is 9.65. The summed E-state index contributed by atoms with van der Waals surface area (Å²) < 4.78 is 12.1. The van der Waals surface area contributed by atoms with Crippen LogP contribution in [0.15, 0.2) is 0 Å². The van der Waals surface area contributed by atoms with Crippen molar-refractivity contribution in [3.05, 3.63) is 22.3 Å². The Bertz CT molecular complexity index is 618. The Labute approximate surface area is 180 Å². The van der Waals surface area contributed by atoms with Gasteiger partial charge in [0.25, 0.3) is 0 Å². The van der Waals surface area contributed by atoms with E-state index in [0.717, 1.165) is 30.3 Å². The van der Waals surface area contributed by atoms with E-state index in [4.69, 9.17) is 9.47 Å². The van der Waals surface area contributed by atoms with Crippen LogP contribution in [-0.2, 0) is 6.42 Å². The molecular formula is C27H46O2. The monoisotopic (exact) mass is 402 g/mol. The molecule has 1 aromatic rings. The van der Waals surface area contributed by atoms with Crippen LogP contribution < -0.4 is 9.47 Å². The van der Waals surface area contributed by atoms with Crippen molar-refractivity contribution in [3.8, 4) is 11.5 Å². The zero-order valence-corrected chi connectivity index (χ0v) is 20.2. The SMILES string of the molecule is COc1c(C)c(C)c2c(c1C)CCC(CCCCCCCCCCCC(C)C)O2. The first-order valence-electron chi connectivity index (χ1n) is 12.3. The molecule has 1 aliphatic rings. The first-order valence-corrected chi connectivity index (χ1v) is 12.3. The zero-order valence-electron chi connectivity index (χ0n) is 20.2. The zero-order chi connectivity index (χ0) is 21.2. The number of hydrogen-bond donors (Lipinski definition) is 0. The summed E-state index contributed by atoms with van der Waals surface area (Å²) in [5, 5.41) is 0. The molecule has 0 radical (unpaired) electrons. The molecule has 0 saturated carbocycles. The summed E-state index contributed by atoms with van der Waals surface area (Å²) in [5.41, 5.74) is 5.14. The minimum atomic E-state index is 0.398. The molecule has 1 unspecified atom stereocenters. The molecule has 1 heterocycles. The highest BCUT2D eigenvalue weighted by Crippen LogP contribution is 2.41. The van der Waals surface area contributed by atoms with Crippen LogP contribution in [-0.4, -0.2) is 13.2 Å². The van der Waals surface area contributed by atoms with Crippen LogP contribution in [0.25, 0.3) is 0 Å². The molecule has 2 heteroatoms. The normalized spacial score (nSPS) is 16.0. The third-order valence-corrected chi connectivity index (χ3v) is 6.82. The number of ether oxygens (including phenoxy) is 2. The van der Waals surface area contributed by atoms with Crippen molar-refractivity contribution in [2.75, 3.05) is 7.11 Å². The summed E-state index contributed by atoms with van der Waals surface area (Å²) in [4.78, 5) is 0. The quantitative estimate of drug-likeness (QED) is 0.309. The standard InChI is InChI=1S/C27H46O2/c1-20(2)16-14-12-10-8-7-9-11-13-15-17-24-18-19-25-23(5)26(28-6)21(3)22(4)27(25)29-24/h20,24H,7-19H2,1-6H3. The molecule has 1 atom stereocenters. The number of hydrogen-bond acceptors (Lipinski definition) is 2. The van der Waals surface area contributed by atoms with Gasteiger partial charge < -0.3 is 9.47 Å².